The molecule has 0 aliphatic heterocycles. The van der Waals surface area contributed by atoms with Gasteiger partial charge in [0.15, 0.2) is 0 Å². The zero-order valence-electron chi connectivity index (χ0n) is 12.3. The van der Waals surface area contributed by atoms with Crippen LogP contribution in [0.5, 0.6) is 0 Å². The van der Waals surface area contributed by atoms with Crippen LogP contribution in [0.2, 0.25) is 0 Å². The first-order valence-electron chi connectivity index (χ1n) is 6.86. The van der Waals surface area contributed by atoms with E-state index in [2.05, 4.69) is 4.72 Å². The minimum Gasteiger partial charge on any atom is -0.210 e. The molecule has 1 N–H and O–H groups in total. The van der Waals surface area contributed by atoms with E-state index in [0.29, 0.717) is 17.9 Å². The monoisotopic (exact) mass is 339 g/mol. The molecule has 0 fully saturated rings. The summed E-state index contributed by atoms with van der Waals surface area (Å²) in [5.74, 6) is 1.12. The van der Waals surface area contributed by atoms with Crippen molar-refractivity contribution in [2.75, 3.05) is 12.3 Å². The molecule has 0 radical (unpaired) electrons. The molecule has 0 aromatic heterocycles. The Morgan fingerprint density at radius 2 is 1.86 bits per heavy atom. The fourth-order valence-corrected chi connectivity index (χ4v) is 3.94. The Kier molecular flexibility index (Phi) is 5.99. The molecular weight excluding hydrogens is 321 g/mol. The second kappa shape index (κ2) is 7.76. The Labute approximate surface area is 135 Å². The summed E-state index contributed by atoms with van der Waals surface area (Å²) in [5.41, 5.74) is 1.53. The van der Waals surface area contributed by atoms with Crippen LogP contribution in [0.15, 0.2) is 53.4 Å². The molecule has 0 bridgehead atoms. The molecule has 0 unspecified atom stereocenters. The molecule has 0 amide bonds. The summed E-state index contributed by atoms with van der Waals surface area (Å²) in [6, 6.07) is 13.8. The van der Waals surface area contributed by atoms with E-state index in [1.165, 1.54) is 23.8 Å². The van der Waals surface area contributed by atoms with Crippen LogP contribution in [0.3, 0.4) is 0 Å². The molecule has 0 aliphatic rings. The summed E-state index contributed by atoms with van der Waals surface area (Å²) in [6.45, 7) is 1.89. The van der Waals surface area contributed by atoms with Gasteiger partial charge in [-0.1, -0.05) is 30.3 Å². The van der Waals surface area contributed by atoms with Crippen LogP contribution in [0.1, 0.15) is 11.1 Å². The van der Waals surface area contributed by atoms with Gasteiger partial charge in [-0.2, -0.15) is 11.8 Å². The molecule has 3 nitrogen and oxygen atoms in total. The normalized spacial score (nSPS) is 11.5. The predicted octanol–water partition coefficient (Wildman–Crippen LogP) is 3.35. The van der Waals surface area contributed by atoms with Crippen LogP contribution in [0.4, 0.5) is 4.39 Å². The molecule has 0 saturated heterocycles. The first kappa shape index (κ1) is 17.0. The summed E-state index contributed by atoms with van der Waals surface area (Å²) < 4.78 is 39.9. The van der Waals surface area contributed by atoms with Crippen LogP contribution in [0, 0.1) is 12.7 Å². The molecule has 0 atom stereocenters. The van der Waals surface area contributed by atoms with Crippen molar-refractivity contribution >= 4 is 21.8 Å². The van der Waals surface area contributed by atoms with Gasteiger partial charge in [-0.15, -0.1) is 0 Å². The zero-order chi connectivity index (χ0) is 16.0. The van der Waals surface area contributed by atoms with E-state index in [9.17, 15) is 12.8 Å². The van der Waals surface area contributed by atoms with Gasteiger partial charge in [-0.3, -0.25) is 0 Å². The average molecular weight is 339 g/mol. The molecule has 2 aromatic rings. The minimum atomic E-state index is -3.57. The van der Waals surface area contributed by atoms with Gasteiger partial charge in [0.25, 0.3) is 0 Å². The van der Waals surface area contributed by atoms with Crippen molar-refractivity contribution in [1.29, 1.82) is 0 Å². The molecule has 118 valence electrons. The fraction of sp³-hybridized carbons (Fsp3) is 0.250. The van der Waals surface area contributed by atoms with E-state index >= 15 is 0 Å². The van der Waals surface area contributed by atoms with Crippen LogP contribution >= 0.6 is 11.8 Å². The van der Waals surface area contributed by atoms with Crippen molar-refractivity contribution in [3.05, 3.63) is 65.5 Å². The highest BCUT2D eigenvalue weighted by atomic mass is 32.2. The van der Waals surface area contributed by atoms with Gasteiger partial charge >= 0.3 is 0 Å². The van der Waals surface area contributed by atoms with Crippen molar-refractivity contribution in [3.8, 4) is 0 Å². The first-order chi connectivity index (χ1) is 10.5. The Balaban J connectivity index is 1.81. The number of nitrogens with one attached hydrogen (secondary N) is 1. The first-order valence-corrected chi connectivity index (χ1v) is 9.50. The van der Waals surface area contributed by atoms with Gasteiger partial charge < -0.3 is 0 Å². The van der Waals surface area contributed by atoms with E-state index in [-0.39, 0.29) is 4.90 Å². The molecule has 0 aliphatic carbocycles. The standard InChI is InChI=1S/C16H18FNO2S2/c1-13-11-15(7-8-16(13)17)22(19,20)18-9-10-21-12-14-5-3-2-4-6-14/h2-8,11,18H,9-10,12H2,1H3. The fourth-order valence-electron chi connectivity index (χ4n) is 1.88. The third kappa shape index (κ3) is 4.83. The van der Waals surface area contributed by atoms with Crippen LogP contribution in [0.25, 0.3) is 0 Å². The summed E-state index contributed by atoms with van der Waals surface area (Å²) >= 11 is 1.66. The third-order valence-corrected chi connectivity index (χ3v) is 5.58. The van der Waals surface area contributed by atoms with Gasteiger partial charge in [0.1, 0.15) is 5.82 Å². The second-order valence-electron chi connectivity index (χ2n) is 4.85. The SMILES string of the molecule is Cc1cc(S(=O)(=O)NCCSCc2ccccc2)ccc1F. The number of sulfonamides is 1. The number of hydrogen-bond donors (Lipinski definition) is 1. The van der Waals surface area contributed by atoms with Crippen molar-refractivity contribution in [3.63, 3.8) is 0 Å². The number of benzene rings is 2. The molecule has 22 heavy (non-hydrogen) atoms. The van der Waals surface area contributed by atoms with Crippen molar-refractivity contribution < 1.29 is 12.8 Å². The second-order valence-corrected chi connectivity index (χ2v) is 7.72. The highest BCUT2D eigenvalue weighted by Crippen LogP contribution is 2.15. The number of aryl methyl sites for hydroxylation is 1. The van der Waals surface area contributed by atoms with Gasteiger partial charge in [-0.25, -0.2) is 17.5 Å². The van der Waals surface area contributed by atoms with Gasteiger partial charge in [0.2, 0.25) is 10.0 Å². The highest BCUT2D eigenvalue weighted by Gasteiger charge is 2.14. The topological polar surface area (TPSA) is 46.2 Å². The Bertz CT molecular complexity index is 718. The zero-order valence-corrected chi connectivity index (χ0v) is 13.9. The van der Waals surface area contributed by atoms with Crippen LogP contribution in [-0.2, 0) is 15.8 Å². The lowest BCUT2D eigenvalue weighted by Gasteiger charge is -2.08. The Hall–Kier alpha value is -1.37. The molecule has 0 heterocycles. The Morgan fingerprint density at radius 3 is 2.55 bits per heavy atom. The van der Waals surface area contributed by atoms with E-state index < -0.39 is 15.8 Å². The molecule has 6 heteroatoms. The summed E-state index contributed by atoms with van der Waals surface area (Å²) in [7, 11) is -3.57. The number of thioether (sulfide) groups is 1. The predicted molar refractivity (Wildman–Crippen MR) is 88.9 cm³/mol. The maximum absolute atomic E-state index is 13.2. The summed E-state index contributed by atoms with van der Waals surface area (Å²) in [5, 5.41) is 0. The van der Waals surface area contributed by atoms with Gasteiger partial charge in [0, 0.05) is 18.1 Å². The van der Waals surface area contributed by atoms with E-state index in [4.69, 9.17) is 0 Å². The number of hydrogen-bond acceptors (Lipinski definition) is 3. The van der Waals surface area contributed by atoms with Crippen molar-refractivity contribution in [1.82, 2.24) is 4.72 Å². The van der Waals surface area contributed by atoms with Crippen molar-refractivity contribution in [2.24, 2.45) is 0 Å². The Morgan fingerprint density at radius 1 is 1.14 bits per heavy atom. The molecular formula is C16H18FNO2S2. The maximum Gasteiger partial charge on any atom is 0.240 e. The smallest absolute Gasteiger partial charge is 0.210 e. The van der Waals surface area contributed by atoms with Gasteiger partial charge in [-0.05, 0) is 36.2 Å². The van der Waals surface area contributed by atoms with Gasteiger partial charge in [0.05, 0.1) is 4.90 Å². The third-order valence-electron chi connectivity index (χ3n) is 3.09. The minimum absolute atomic E-state index is 0.0967. The number of halogens is 1. The highest BCUT2D eigenvalue weighted by molar-refractivity contribution is 7.98. The lowest BCUT2D eigenvalue weighted by atomic mass is 10.2. The van der Waals surface area contributed by atoms with Crippen molar-refractivity contribution in [2.45, 2.75) is 17.6 Å². The summed E-state index contributed by atoms with van der Waals surface area (Å²) in [4.78, 5) is 0.0967. The quantitative estimate of drug-likeness (QED) is 0.787. The molecule has 2 rings (SSSR count). The maximum atomic E-state index is 13.2. The molecule has 0 saturated carbocycles. The van der Waals surface area contributed by atoms with E-state index in [1.54, 1.807) is 18.7 Å². The molecule has 2 aromatic carbocycles. The van der Waals surface area contributed by atoms with Crippen LogP contribution < -0.4 is 4.72 Å². The lowest BCUT2D eigenvalue weighted by molar-refractivity contribution is 0.582. The molecule has 0 spiro atoms. The lowest BCUT2D eigenvalue weighted by Crippen LogP contribution is -2.26. The number of rotatable bonds is 7. The van der Waals surface area contributed by atoms with Crippen LogP contribution in [-0.4, -0.2) is 20.7 Å². The average Bonchev–Trinajstić information content (AvgIpc) is 2.50. The largest absolute Gasteiger partial charge is 0.240 e. The van der Waals surface area contributed by atoms with E-state index in [1.807, 2.05) is 30.3 Å². The summed E-state index contributed by atoms with van der Waals surface area (Å²) in [6.07, 6.45) is 0. The van der Waals surface area contributed by atoms with E-state index in [0.717, 1.165) is 5.75 Å².